The van der Waals surface area contributed by atoms with Crippen molar-refractivity contribution in [3.05, 3.63) is 89.2 Å². The molecule has 0 radical (unpaired) electrons. The van der Waals surface area contributed by atoms with Crippen molar-refractivity contribution in [2.24, 2.45) is 0 Å². The van der Waals surface area contributed by atoms with Crippen LogP contribution in [0.15, 0.2) is 77.7 Å². The molecule has 5 nitrogen and oxygen atoms in total. The summed E-state index contributed by atoms with van der Waals surface area (Å²) < 4.78 is 40.7. The standard InChI is InChI=1S/C19H14ClFN2O3S/c20-15-12-13(19(24)22-18-9-5-4-8-16(18)21)10-11-17(15)23-27(25,26)14-6-2-1-3-7-14/h1-12,23H,(H,22,24). The van der Waals surface area contributed by atoms with E-state index in [2.05, 4.69) is 10.0 Å². The summed E-state index contributed by atoms with van der Waals surface area (Å²) in [5.74, 6) is -1.14. The lowest BCUT2D eigenvalue weighted by atomic mass is 10.2. The third-order valence-electron chi connectivity index (χ3n) is 3.65. The van der Waals surface area contributed by atoms with Crippen molar-refractivity contribution in [1.29, 1.82) is 0 Å². The highest BCUT2D eigenvalue weighted by molar-refractivity contribution is 7.92. The summed E-state index contributed by atoms with van der Waals surface area (Å²) in [4.78, 5) is 12.3. The Hall–Kier alpha value is -2.90. The molecule has 0 spiro atoms. The fraction of sp³-hybridized carbons (Fsp3) is 0. The number of rotatable bonds is 5. The van der Waals surface area contributed by atoms with Gasteiger partial charge in [-0.25, -0.2) is 12.8 Å². The van der Waals surface area contributed by atoms with Gasteiger partial charge in [0.25, 0.3) is 15.9 Å². The van der Waals surface area contributed by atoms with E-state index in [0.717, 1.165) is 0 Å². The molecule has 3 aromatic rings. The summed E-state index contributed by atoms with van der Waals surface area (Å²) in [6.07, 6.45) is 0. The summed E-state index contributed by atoms with van der Waals surface area (Å²) in [7, 11) is -3.81. The van der Waals surface area contributed by atoms with Gasteiger partial charge < -0.3 is 5.32 Å². The molecule has 3 aromatic carbocycles. The number of hydrogen-bond donors (Lipinski definition) is 2. The highest BCUT2D eigenvalue weighted by Crippen LogP contribution is 2.26. The smallest absolute Gasteiger partial charge is 0.261 e. The second kappa shape index (κ2) is 7.77. The minimum absolute atomic E-state index is 0.0347. The van der Waals surface area contributed by atoms with E-state index >= 15 is 0 Å². The molecule has 0 aromatic heterocycles. The SMILES string of the molecule is O=C(Nc1ccccc1F)c1ccc(NS(=O)(=O)c2ccccc2)c(Cl)c1. The number of carbonyl (C=O) groups is 1. The monoisotopic (exact) mass is 404 g/mol. The molecule has 27 heavy (non-hydrogen) atoms. The van der Waals surface area contributed by atoms with Gasteiger partial charge in [0.2, 0.25) is 0 Å². The van der Waals surface area contributed by atoms with Crippen LogP contribution in [0.1, 0.15) is 10.4 Å². The highest BCUT2D eigenvalue weighted by Gasteiger charge is 2.17. The Labute approximate surface area is 160 Å². The minimum atomic E-state index is -3.81. The number of sulfonamides is 1. The van der Waals surface area contributed by atoms with E-state index < -0.39 is 21.7 Å². The van der Waals surface area contributed by atoms with Gasteiger partial charge in [-0.2, -0.15) is 0 Å². The summed E-state index contributed by atoms with van der Waals surface area (Å²) in [6.45, 7) is 0. The molecule has 2 N–H and O–H groups in total. The molecule has 0 aliphatic rings. The predicted molar refractivity (Wildman–Crippen MR) is 103 cm³/mol. The Kier molecular flexibility index (Phi) is 5.43. The number of carbonyl (C=O) groups excluding carboxylic acids is 1. The molecular formula is C19H14ClFN2O3S. The Morgan fingerprint density at radius 2 is 1.56 bits per heavy atom. The van der Waals surface area contributed by atoms with Crippen LogP contribution in [0.4, 0.5) is 15.8 Å². The first-order chi connectivity index (χ1) is 12.9. The number of benzene rings is 3. The normalized spacial score (nSPS) is 11.0. The van der Waals surface area contributed by atoms with E-state index in [1.54, 1.807) is 24.3 Å². The van der Waals surface area contributed by atoms with E-state index in [0.29, 0.717) is 0 Å². The van der Waals surface area contributed by atoms with Gasteiger partial charge in [-0.1, -0.05) is 41.9 Å². The second-order valence-corrected chi connectivity index (χ2v) is 7.64. The first-order valence-electron chi connectivity index (χ1n) is 7.80. The van der Waals surface area contributed by atoms with E-state index in [9.17, 15) is 17.6 Å². The van der Waals surface area contributed by atoms with Crippen molar-refractivity contribution >= 4 is 38.9 Å². The summed E-state index contributed by atoms with van der Waals surface area (Å²) in [5.41, 5.74) is 0.321. The molecule has 0 heterocycles. The van der Waals surface area contributed by atoms with E-state index in [1.165, 1.54) is 48.5 Å². The van der Waals surface area contributed by atoms with E-state index in [1.807, 2.05) is 0 Å². The molecule has 0 aliphatic heterocycles. The Morgan fingerprint density at radius 1 is 0.889 bits per heavy atom. The van der Waals surface area contributed by atoms with Gasteiger partial charge in [-0.3, -0.25) is 9.52 Å². The van der Waals surface area contributed by atoms with Gasteiger partial charge in [0, 0.05) is 5.56 Å². The summed E-state index contributed by atoms with van der Waals surface area (Å²) in [5, 5.41) is 2.47. The number of halogens is 2. The molecule has 0 saturated carbocycles. The maximum absolute atomic E-state index is 13.6. The zero-order chi connectivity index (χ0) is 19.4. The average molecular weight is 405 g/mol. The van der Waals surface area contributed by atoms with Crippen molar-refractivity contribution in [3.8, 4) is 0 Å². The van der Waals surface area contributed by atoms with E-state index in [4.69, 9.17) is 11.6 Å². The van der Waals surface area contributed by atoms with Crippen LogP contribution in [-0.2, 0) is 10.0 Å². The Bertz CT molecular complexity index is 1090. The van der Waals surface area contributed by atoms with Crippen molar-refractivity contribution in [2.45, 2.75) is 4.90 Å². The second-order valence-electron chi connectivity index (χ2n) is 5.55. The number of anilines is 2. The summed E-state index contributed by atoms with van der Waals surface area (Å²) >= 11 is 6.12. The first kappa shape index (κ1) is 18.9. The summed E-state index contributed by atoms with van der Waals surface area (Å²) in [6, 6.07) is 17.6. The van der Waals surface area contributed by atoms with Gasteiger partial charge in [0.15, 0.2) is 0 Å². The van der Waals surface area contributed by atoms with Crippen LogP contribution in [0.2, 0.25) is 5.02 Å². The predicted octanol–water partition coefficient (Wildman–Crippen LogP) is 4.53. The zero-order valence-electron chi connectivity index (χ0n) is 13.8. The van der Waals surface area contributed by atoms with Gasteiger partial charge in [0.05, 0.1) is 21.3 Å². The van der Waals surface area contributed by atoms with Gasteiger partial charge >= 0.3 is 0 Å². The molecule has 0 bridgehead atoms. The first-order valence-corrected chi connectivity index (χ1v) is 9.66. The van der Waals surface area contributed by atoms with Crippen LogP contribution >= 0.6 is 11.6 Å². The van der Waals surface area contributed by atoms with Crippen molar-refractivity contribution in [1.82, 2.24) is 0 Å². The van der Waals surface area contributed by atoms with Crippen molar-refractivity contribution < 1.29 is 17.6 Å². The lowest BCUT2D eigenvalue weighted by molar-refractivity contribution is 0.102. The third-order valence-corrected chi connectivity index (χ3v) is 5.35. The molecule has 3 rings (SSSR count). The Balaban J connectivity index is 1.80. The van der Waals surface area contributed by atoms with Crippen LogP contribution in [0.5, 0.6) is 0 Å². The molecule has 8 heteroatoms. The fourth-order valence-electron chi connectivity index (χ4n) is 2.30. The lowest BCUT2D eigenvalue weighted by Gasteiger charge is -2.11. The van der Waals surface area contributed by atoms with Gasteiger partial charge in [0.1, 0.15) is 5.82 Å². The van der Waals surface area contributed by atoms with Crippen LogP contribution < -0.4 is 10.0 Å². The zero-order valence-corrected chi connectivity index (χ0v) is 15.4. The molecule has 0 unspecified atom stereocenters. The minimum Gasteiger partial charge on any atom is -0.319 e. The molecule has 1 amide bonds. The van der Waals surface area contributed by atoms with Crippen molar-refractivity contribution in [2.75, 3.05) is 10.0 Å². The largest absolute Gasteiger partial charge is 0.319 e. The number of para-hydroxylation sites is 1. The maximum Gasteiger partial charge on any atom is 0.261 e. The molecule has 0 fully saturated rings. The molecule has 138 valence electrons. The molecular weight excluding hydrogens is 391 g/mol. The van der Waals surface area contributed by atoms with Crippen molar-refractivity contribution in [3.63, 3.8) is 0 Å². The third kappa shape index (κ3) is 4.45. The molecule has 0 aliphatic carbocycles. The highest BCUT2D eigenvalue weighted by atomic mass is 35.5. The fourth-order valence-corrected chi connectivity index (χ4v) is 3.68. The van der Waals surface area contributed by atoms with Crippen LogP contribution in [0.25, 0.3) is 0 Å². The van der Waals surface area contributed by atoms with Crippen LogP contribution in [0, 0.1) is 5.82 Å². The van der Waals surface area contributed by atoms with Gasteiger partial charge in [-0.15, -0.1) is 0 Å². The quantitative estimate of drug-likeness (QED) is 0.655. The van der Waals surface area contributed by atoms with E-state index in [-0.39, 0.29) is 26.9 Å². The lowest BCUT2D eigenvalue weighted by Crippen LogP contribution is -2.15. The Morgan fingerprint density at radius 3 is 2.22 bits per heavy atom. The number of hydrogen-bond acceptors (Lipinski definition) is 3. The van der Waals surface area contributed by atoms with Gasteiger partial charge in [-0.05, 0) is 42.5 Å². The number of amides is 1. The van der Waals surface area contributed by atoms with Crippen LogP contribution in [-0.4, -0.2) is 14.3 Å². The molecule has 0 atom stereocenters. The van der Waals surface area contributed by atoms with Crippen LogP contribution in [0.3, 0.4) is 0 Å². The average Bonchev–Trinajstić information content (AvgIpc) is 2.66. The topological polar surface area (TPSA) is 75.3 Å². The maximum atomic E-state index is 13.6. The number of nitrogens with one attached hydrogen (secondary N) is 2. The molecule has 0 saturated heterocycles.